The molecule has 0 saturated carbocycles. The Morgan fingerprint density at radius 3 is 2.72 bits per heavy atom. The van der Waals surface area contributed by atoms with Gasteiger partial charge in [-0.1, -0.05) is 6.92 Å². The van der Waals surface area contributed by atoms with Crippen molar-refractivity contribution in [3.05, 3.63) is 46.7 Å². The molecule has 3 aromatic rings. The van der Waals surface area contributed by atoms with E-state index in [9.17, 15) is 13.6 Å². The maximum Gasteiger partial charge on any atom is 0.268 e. The van der Waals surface area contributed by atoms with Crippen molar-refractivity contribution < 1.29 is 13.6 Å². The van der Waals surface area contributed by atoms with Crippen LogP contribution >= 0.6 is 11.3 Å². The zero-order valence-corrected chi connectivity index (χ0v) is 17.2. The van der Waals surface area contributed by atoms with Gasteiger partial charge in [0.1, 0.15) is 10.7 Å². The van der Waals surface area contributed by atoms with Crippen LogP contribution in [0.3, 0.4) is 0 Å². The second-order valence-corrected chi connectivity index (χ2v) is 8.26. The van der Waals surface area contributed by atoms with E-state index in [-0.39, 0.29) is 16.2 Å². The monoisotopic (exact) mass is 419 g/mol. The minimum absolute atomic E-state index is 0.00359. The summed E-state index contributed by atoms with van der Waals surface area (Å²) in [7, 11) is 0. The summed E-state index contributed by atoms with van der Waals surface area (Å²) in [6, 6.07) is 3.09. The van der Waals surface area contributed by atoms with Crippen LogP contribution in [0.2, 0.25) is 0 Å². The molecule has 0 unspecified atom stereocenters. The van der Waals surface area contributed by atoms with Crippen molar-refractivity contribution in [3.63, 3.8) is 0 Å². The summed E-state index contributed by atoms with van der Waals surface area (Å²) >= 11 is 1.13. The maximum atomic E-state index is 14.5. The molecule has 1 saturated heterocycles. The first-order chi connectivity index (χ1) is 13.9. The Labute approximate surface area is 171 Å². The molecule has 0 radical (unpaired) electrons. The van der Waals surface area contributed by atoms with Gasteiger partial charge < -0.3 is 19.9 Å². The van der Waals surface area contributed by atoms with Gasteiger partial charge in [0.15, 0.2) is 11.5 Å². The number of rotatable bonds is 5. The predicted octanol–water partition coefficient (Wildman–Crippen LogP) is 3.81. The number of aromatic nitrogens is 2. The molecule has 4 rings (SSSR count). The van der Waals surface area contributed by atoms with Crippen LogP contribution in [0.1, 0.15) is 35.1 Å². The largest absolute Gasteiger partial charge is 0.363 e. The van der Waals surface area contributed by atoms with Crippen molar-refractivity contribution in [2.24, 2.45) is 0 Å². The second-order valence-electron chi connectivity index (χ2n) is 7.22. The normalized spacial score (nSPS) is 15.2. The summed E-state index contributed by atoms with van der Waals surface area (Å²) in [5, 5.41) is 6.78. The summed E-state index contributed by atoms with van der Waals surface area (Å²) in [6.07, 6.45) is 5.19. The average molecular weight is 420 g/mol. The molecule has 1 aliphatic rings. The molecule has 4 heterocycles. The number of fused-ring (bicyclic) bond motifs is 1. The molecule has 154 valence electrons. The van der Waals surface area contributed by atoms with Gasteiger partial charge in [-0.3, -0.25) is 4.79 Å². The zero-order valence-electron chi connectivity index (χ0n) is 16.3. The molecule has 1 amide bonds. The third kappa shape index (κ3) is 4.11. The highest BCUT2D eigenvalue weighted by molar-refractivity contribution is 7.18. The minimum atomic E-state index is -0.586. The molecular formula is C20H23F2N5OS. The minimum Gasteiger partial charge on any atom is -0.363 e. The van der Waals surface area contributed by atoms with Crippen LogP contribution in [0.5, 0.6) is 0 Å². The van der Waals surface area contributed by atoms with Gasteiger partial charge in [0, 0.05) is 43.7 Å². The first kappa shape index (κ1) is 19.8. The Balaban J connectivity index is 1.48. The first-order valence-corrected chi connectivity index (χ1v) is 10.5. The molecule has 0 aliphatic carbocycles. The number of thiophene rings is 1. The quantitative estimate of drug-likeness (QED) is 0.660. The molecule has 0 bridgehead atoms. The SMILES string of the molecule is CCNC1CCN(c2cc(F)c(C(=O)Nc3cc(F)c4nc(C)cn4c3)s2)CC1. The number of hydrogen-bond acceptors (Lipinski definition) is 5. The Morgan fingerprint density at radius 2 is 2.00 bits per heavy atom. The van der Waals surface area contributed by atoms with E-state index in [0.717, 1.165) is 48.8 Å². The smallest absolute Gasteiger partial charge is 0.268 e. The van der Waals surface area contributed by atoms with Gasteiger partial charge in [0.25, 0.3) is 5.91 Å². The number of pyridine rings is 1. The summed E-state index contributed by atoms with van der Waals surface area (Å²) < 4.78 is 30.2. The number of hydrogen-bond donors (Lipinski definition) is 2. The zero-order chi connectivity index (χ0) is 20.5. The van der Waals surface area contributed by atoms with Gasteiger partial charge in [-0.2, -0.15) is 0 Å². The van der Waals surface area contributed by atoms with E-state index in [1.54, 1.807) is 19.3 Å². The van der Waals surface area contributed by atoms with Gasteiger partial charge in [-0.15, -0.1) is 11.3 Å². The lowest BCUT2D eigenvalue weighted by atomic mass is 10.1. The van der Waals surface area contributed by atoms with E-state index in [4.69, 9.17) is 0 Å². The summed E-state index contributed by atoms with van der Waals surface area (Å²) in [6.45, 7) is 6.42. The second kappa shape index (κ2) is 8.08. The number of piperidine rings is 1. The molecule has 1 aliphatic heterocycles. The fraction of sp³-hybridized carbons (Fsp3) is 0.400. The molecule has 9 heteroatoms. The third-order valence-electron chi connectivity index (χ3n) is 5.06. The van der Waals surface area contributed by atoms with E-state index in [0.29, 0.717) is 11.7 Å². The van der Waals surface area contributed by atoms with E-state index < -0.39 is 17.5 Å². The van der Waals surface area contributed by atoms with Crippen LogP contribution in [0.25, 0.3) is 5.65 Å². The summed E-state index contributed by atoms with van der Waals surface area (Å²) in [4.78, 5) is 18.8. The lowest BCUT2D eigenvalue weighted by Gasteiger charge is -2.32. The van der Waals surface area contributed by atoms with Gasteiger partial charge in [0.2, 0.25) is 0 Å². The van der Waals surface area contributed by atoms with Crippen molar-refractivity contribution in [2.75, 3.05) is 29.9 Å². The lowest BCUT2D eigenvalue weighted by molar-refractivity contribution is 0.102. The van der Waals surface area contributed by atoms with Crippen molar-refractivity contribution in [1.82, 2.24) is 14.7 Å². The summed E-state index contributed by atoms with van der Waals surface area (Å²) in [5.41, 5.74) is 1.10. The highest BCUT2D eigenvalue weighted by Crippen LogP contribution is 2.32. The fourth-order valence-electron chi connectivity index (χ4n) is 3.70. The Kier molecular flexibility index (Phi) is 5.51. The van der Waals surface area contributed by atoms with Gasteiger partial charge in [-0.25, -0.2) is 13.8 Å². The number of anilines is 2. The molecular weight excluding hydrogens is 396 g/mol. The van der Waals surface area contributed by atoms with Crippen molar-refractivity contribution in [1.29, 1.82) is 0 Å². The molecule has 1 fully saturated rings. The standard InChI is InChI=1S/C20H23F2N5OS/c1-3-23-13-4-6-26(7-5-13)17-9-15(21)18(29-17)20(28)25-14-8-16(22)19-24-12(2)10-27(19)11-14/h8-11,13,23H,3-7H2,1-2H3,(H,25,28). The van der Waals surface area contributed by atoms with E-state index >= 15 is 0 Å². The van der Waals surface area contributed by atoms with E-state index in [1.807, 2.05) is 0 Å². The number of imidazole rings is 1. The van der Waals surface area contributed by atoms with Gasteiger partial charge >= 0.3 is 0 Å². The molecule has 2 N–H and O–H groups in total. The molecule has 0 spiro atoms. The van der Waals surface area contributed by atoms with Crippen LogP contribution < -0.4 is 15.5 Å². The number of carbonyl (C=O) groups excluding carboxylic acids is 1. The fourth-order valence-corrected chi connectivity index (χ4v) is 4.68. The van der Waals surface area contributed by atoms with Crippen molar-refractivity contribution in [3.8, 4) is 0 Å². The Hall–Kier alpha value is -2.52. The molecule has 3 aromatic heterocycles. The number of aryl methyl sites for hydroxylation is 1. The Morgan fingerprint density at radius 1 is 1.24 bits per heavy atom. The van der Waals surface area contributed by atoms with Crippen LogP contribution in [0, 0.1) is 18.6 Å². The van der Waals surface area contributed by atoms with Crippen LogP contribution in [0.15, 0.2) is 24.5 Å². The number of amides is 1. The van der Waals surface area contributed by atoms with Crippen LogP contribution in [0.4, 0.5) is 19.5 Å². The van der Waals surface area contributed by atoms with Crippen LogP contribution in [-0.4, -0.2) is 41.0 Å². The van der Waals surface area contributed by atoms with Gasteiger partial charge in [-0.05, 0) is 26.3 Å². The molecule has 6 nitrogen and oxygen atoms in total. The highest BCUT2D eigenvalue weighted by atomic mass is 32.1. The van der Waals surface area contributed by atoms with E-state index in [2.05, 4.69) is 27.4 Å². The van der Waals surface area contributed by atoms with E-state index in [1.165, 1.54) is 16.5 Å². The molecule has 29 heavy (non-hydrogen) atoms. The van der Waals surface area contributed by atoms with Gasteiger partial charge in [0.05, 0.1) is 16.4 Å². The van der Waals surface area contributed by atoms with Crippen molar-refractivity contribution in [2.45, 2.75) is 32.7 Å². The molecule has 0 aromatic carbocycles. The van der Waals surface area contributed by atoms with Crippen molar-refractivity contribution >= 4 is 33.6 Å². The lowest BCUT2D eigenvalue weighted by Crippen LogP contribution is -2.42. The molecule has 0 atom stereocenters. The van der Waals surface area contributed by atoms with Crippen LogP contribution in [-0.2, 0) is 0 Å². The summed E-state index contributed by atoms with van der Waals surface area (Å²) in [5.74, 6) is -1.69. The number of carbonyl (C=O) groups is 1. The highest BCUT2D eigenvalue weighted by Gasteiger charge is 2.24. The average Bonchev–Trinajstić information content (AvgIpc) is 3.25. The first-order valence-electron chi connectivity index (χ1n) is 9.68. The predicted molar refractivity (Wildman–Crippen MR) is 111 cm³/mol. The topological polar surface area (TPSA) is 61.7 Å². The third-order valence-corrected chi connectivity index (χ3v) is 6.23. The Bertz CT molecular complexity index is 1040. The maximum absolute atomic E-state index is 14.5. The number of halogens is 2. The number of nitrogens with one attached hydrogen (secondary N) is 2. The number of nitrogens with zero attached hydrogens (tertiary/aromatic N) is 3.